The molecule has 1 aliphatic rings. The average Bonchev–Trinajstić information content (AvgIpc) is 2.93. The molecular weight excluding hydrogens is 271 g/mol. The van der Waals surface area contributed by atoms with E-state index in [0.29, 0.717) is 11.5 Å². The highest BCUT2D eigenvalue weighted by Crippen LogP contribution is 2.35. The molecule has 2 rings (SSSR count). The molecule has 1 heterocycles. The fraction of sp³-hybridized carbons (Fsp3) is 0.667. The van der Waals surface area contributed by atoms with Crippen LogP contribution in [0.2, 0.25) is 0 Å². The van der Waals surface area contributed by atoms with Crippen molar-refractivity contribution in [2.75, 3.05) is 11.4 Å². The fourth-order valence-electron chi connectivity index (χ4n) is 1.48. The first-order valence-corrected chi connectivity index (χ1v) is 6.04. The Bertz CT molecular complexity index is 445. The van der Waals surface area contributed by atoms with Gasteiger partial charge in [0, 0.05) is 24.1 Å². The zero-order chi connectivity index (χ0) is 13.3. The SMILES string of the molecule is O=C(O)CCN(c1nc(C(F)(F)F)ns1)C1CC1. The van der Waals surface area contributed by atoms with Gasteiger partial charge in [0.15, 0.2) is 0 Å². The molecule has 5 nitrogen and oxygen atoms in total. The first-order valence-electron chi connectivity index (χ1n) is 5.27. The Kier molecular flexibility index (Phi) is 3.42. The number of carbonyl (C=O) groups is 1. The van der Waals surface area contributed by atoms with Gasteiger partial charge in [-0.1, -0.05) is 0 Å². The summed E-state index contributed by atoms with van der Waals surface area (Å²) < 4.78 is 40.4. The molecule has 0 radical (unpaired) electrons. The van der Waals surface area contributed by atoms with Crippen LogP contribution in [0, 0.1) is 0 Å². The maximum absolute atomic E-state index is 12.4. The Labute approximate surface area is 104 Å². The second-order valence-corrected chi connectivity index (χ2v) is 4.70. The third-order valence-electron chi connectivity index (χ3n) is 2.47. The summed E-state index contributed by atoms with van der Waals surface area (Å²) in [6, 6.07) is 0.0957. The molecule has 1 fully saturated rings. The zero-order valence-electron chi connectivity index (χ0n) is 9.15. The lowest BCUT2D eigenvalue weighted by atomic mass is 10.4. The number of rotatable bonds is 5. The molecule has 100 valence electrons. The van der Waals surface area contributed by atoms with Gasteiger partial charge in [0.25, 0.3) is 0 Å². The van der Waals surface area contributed by atoms with Crippen LogP contribution in [0.4, 0.5) is 18.3 Å². The number of hydrogen-bond donors (Lipinski definition) is 1. The number of nitrogens with zero attached hydrogens (tertiary/aromatic N) is 3. The number of carboxylic acids is 1. The molecule has 0 aromatic carbocycles. The predicted molar refractivity (Wildman–Crippen MR) is 57.5 cm³/mol. The molecule has 0 unspecified atom stereocenters. The summed E-state index contributed by atoms with van der Waals surface area (Å²) in [4.78, 5) is 15.5. The van der Waals surface area contributed by atoms with Crippen molar-refractivity contribution in [1.82, 2.24) is 9.36 Å². The van der Waals surface area contributed by atoms with Crippen molar-refractivity contribution in [1.29, 1.82) is 0 Å². The Balaban J connectivity index is 2.10. The molecule has 1 N–H and O–H groups in total. The van der Waals surface area contributed by atoms with Crippen LogP contribution in [-0.2, 0) is 11.0 Å². The molecule has 1 aliphatic carbocycles. The molecule has 0 saturated heterocycles. The molecule has 1 aromatic rings. The number of hydrogen-bond acceptors (Lipinski definition) is 5. The van der Waals surface area contributed by atoms with Crippen LogP contribution in [0.15, 0.2) is 0 Å². The number of aliphatic carboxylic acids is 1. The summed E-state index contributed by atoms with van der Waals surface area (Å²) in [6.07, 6.45) is -2.99. The van der Waals surface area contributed by atoms with E-state index >= 15 is 0 Å². The van der Waals surface area contributed by atoms with Gasteiger partial charge in [0.1, 0.15) is 0 Å². The second-order valence-electron chi connectivity index (χ2n) is 3.97. The van der Waals surface area contributed by atoms with Gasteiger partial charge in [-0.2, -0.15) is 22.5 Å². The molecule has 18 heavy (non-hydrogen) atoms. The summed E-state index contributed by atoms with van der Waals surface area (Å²) in [5.74, 6) is -2.15. The van der Waals surface area contributed by atoms with Gasteiger partial charge in [-0.3, -0.25) is 4.79 Å². The van der Waals surface area contributed by atoms with Crippen LogP contribution in [-0.4, -0.2) is 33.0 Å². The lowest BCUT2D eigenvalue weighted by molar-refractivity contribution is -0.144. The zero-order valence-corrected chi connectivity index (χ0v) is 9.96. The van der Waals surface area contributed by atoms with Crippen molar-refractivity contribution in [3.05, 3.63) is 5.82 Å². The highest BCUT2D eigenvalue weighted by atomic mass is 32.1. The smallest absolute Gasteiger partial charge is 0.452 e. The average molecular weight is 281 g/mol. The van der Waals surface area contributed by atoms with Gasteiger partial charge in [0.2, 0.25) is 11.0 Å². The summed E-state index contributed by atoms with van der Waals surface area (Å²) in [5, 5.41) is 8.75. The van der Waals surface area contributed by atoms with Crippen molar-refractivity contribution in [2.45, 2.75) is 31.5 Å². The molecule has 9 heteroatoms. The minimum atomic E-state index is -4.56. The van der Waals surface area contributed by atoms with Crippen molar-refractivity contribution >= 4 is 22.6 Å². The van der Waals surface area contributed by atoms with Crippen molar-refractivity contribution in [3.8, 4) is 0 Å². The first-order chi connectivity index (χ1) is 8.38. The van der Waals surface area contributed by atoms with E-state index < -0.39 is 18.0 Å². The summed E-state index contributed by atoms with van der Waals surface area (Å²) >= 11 is 0.656. The molecule has 0 spiro atoms. The van der Waals surface area contributed by atoms with E-state index in [0.717, 1.165) is 12.8 Å². The summed E-state index contributed by atoms with van der Waals surface area (Å²) in [6.45, 7) is 0.159. The van der Waals surface area contributed by atoms with Gasteiger partial charge in [-0.15, -0.1) is 0 Å². The maximum atomic E-state index is 12.4. The molecule has 0 amide bonds. The van der Waals surface area contributed by atoms with Crippen LogP contribution in [0.3, 0.4) is 0 Å². The molecule has 0 aliphatic heterocycles. The van der Waals surface area contributed by atoms with E-state index in [4.69, 9.17) is 5.11 Å². The summed E-state index contributed by atoms with van der Waals surface area (Å²) in [7, 11) is 0. The Morgan fingerprint density at radius 3 is 2.61 bits per heavy atom. The molecular formula is C9H10F3N3O2S. The number of halogens is 3. The number of anilines is 1. The lowest BCUT2D eigenvalue weighted by Crippen LogP contribution is -2.28. The lowest BCUT2D eigenvalue weighted by Gasteiger charge is -2.19. The quantitative estimate of drug-likeness (QED) is 0.894. The van der Waals surface area contributed by atoms with Crippen LogP contribution in [0.1, 0.15) is 25.1 Å². The van der Waals surface area contributed by atoms with Crippen molar-refractivity contribution in [3.63, 3.8) is 0 Å². The Morgan fingerprint density at radius 1 is 1.50 bits per heavy atom. The van der Waals surface area contributed by atoms with Crippen LogP contribution < -0.4 is 4.90 Å². The Morgan fingerprint density at radius 2 is 2.17 bits per heavy atom. The monoisotopic (exact) mass is 281 g/mol. The third-order valence-corrected chi connectivity index (χ3v) is 3.22. The maximum Gasteiger partial charge on any atom is 0.452 e. The van der Waals surface area contributed by atoms with E-state index in [1.807, 2.05) is 0 Å². The van der Waals surface area contributed by atoms with E-state index in [2.05, 4.69) is 9.36 Å². The van der Waals surface area contributed by atoms with Gasteiger partial charge in [-0.25, -0.2) is 0 Å². The van der Waals surface area contributed by atoms with Crippen molar-refractivity contribution in [2.24, 2.45) is 0 Å². The highest BCUT2D eigenvalue weighted by Gasteiger charge is 2.38. The van der Waals surface area contributed by atoms with Gasteiger partial charge < -0.3 is 10.0 Å². The Hall–Kier alpha value is -1.38. The summed E-state index contributed by atoms with van der Waals surface area (Å²) in [5.41, 5.74) is 0. The highest BCUT2D eigenvalue weighted by molar-refractivity contribution is 7.09. The van der Waals surface area contributed by atoms with Gasteiger partial charge in [-0.05, 0) is 12.8 Å². The van der Waals surface area contributed by atoms with Gasteiger partial charge >= 0.3 is 12.1 Å². The molecule has 0 bridgehead atoms. The molecule has 0 atom stereocenters. The minimum absolute atomic E-state index is 0.0957. The molecule has 1 saturated carbocycles. The van der Waals surface area contributed by atoms with Crippen molar-refractivity contribution < 1.29 is 23.1 Å². The fourth-order valence-corrected chi connectivity index (χ4v) is 2.27. The van der Waals surface area contributed by atoms with E-state index in [-0.39, 0.29) is 24.1 Å². The van der Waals surface area contributed by atoms with E-state index in [9.17, 15) is 18.0 Å². The number of aromatic nitrogens is 2. The standard InChI is InChI=1S/C9H10F3N3O2S/c10-9(11,12)7-13-8(18-14-7)15(5-1-2-5)4-3-6(16)17/h5H,1-4H2,(H,16,17). The van der Waals surface area contributed by atoms with E-state index in [1.165, 1.54) is 0 Å². The van der Waals surface area contributed by atoms with E-state index in [1.54, 1.807) is 4.90 Å². The normalized spacial score (nSPS) is 15.7. The molecule has 1 aromatic heterocycles. The van der Waals surface area contributed by atoms with Gasteiger partial charge in [0.05, 0.1) is 6.42 Å². The van der Waals surface area contributed by atoms with Crippen LogP contribution in [0.25, 0.3) is 0 Å². The predicted octanol–water partition coefficient (Wildman–Crippen LogP) is 2.00. The second kappa shape index (κ2) is 4.71. The number of carboxylic acid groups (broad SMARTS) is 1. The van der Waals surface area contributed by atoms with Crippen LogP contribution >= 0.6 is 11.5 Å². The largest absolute Gasteiger partial charge is 0.481 e. The first kappa shape index (κ1) is 13.1. The number of alkyl halides is 3. The van der Waals surface area contributed by atoms with Crippen LogP contribution in [0.5, 0.6) is 0 Å². The minimum Gasteiger partial charge on any atom is -0.481 e. The third kappa shape index (κ3) is 3.09. The topological polar surface area (TPSA) is 66.3 Å².